The van der Waals surface area contributed by atoms with Crippen LogP contribution in [0.2, 0.25) is 0 Å². The fourth-order valence-corrected chi connectivity index (χ4v) is 2.23. The average molecular weight is 402 g/mol. The summed E-state index contributed by atoms with van der Waals surface area (Å²) in [6, 6.07) is 4.53. The van der Waals surface area contributed by atoms with Gasteiger partial charge in [-0.15, -0.1) is 6.58 Å². The Morgan fingerprint density at radius 1 is 1.38 bits per heavy atom. The number of nitrogens with one attached hydrogen (secondary N) is 1. The third-order valence-electron chi connectivity index (χ3n) is 3.70. The predicted molar refractivity (Wildman–Crippen MR) is 124 cm³/mol. The van der Waals surface area contributed by atoms with Crippen molar-refractivity contribution in [3.8, 4) is 5.75 Å². The number of halogens is 1. The minimum absolute atomic E-state index is 0.0300. The molecular weight excluding hydrogens is 365 g/mol. The van der Waals surface area contributed by atoms with Crippen molar-refractivity contribution in [2.24, 2.45) is 10.7 Å². The zero-order chi connectivity index (χ0) is 22.4. The van der Waals surface area contributed by atoms with Crippen molar-refractivity contribution in [1.82, 2.24) is 5.32 Å². The van der Waals surface area contributed by atoms with E-state index in [1.54, 1.807) is 12.1 Å². The first-order valence-electron chi connectivity index (χ1n) is 9.80. The average Bonchev–Trinajstić information content (AvgIpc) is 2.65. The van der Waals surface area contributed by atoms with E-state index in [9.17, 15) is 4.39 Å². The first kappa shape index (κ1) is 26.3. The monoisotopic (exact) mass is 401 g/mol. The van der Waals surface area contributed by atoms with E-state index < -0.39 is 0 Å². The maximum atomic E-state index is 13.3. The van der Waals surface area contributed by atoms with E-state index in [0.29, 0.717) is 24.5 Å². The zero-order valence-corrected chi connectivity index (χ0v) is 18.7. The fraction of sp³-hybridized carbons (Fsp3) is 0.375. The molecule has 0 aliphatic rings. The summed E-state index contributed by atoms with van der Waals surface area (Å²) in [5, 5.41) is 3.09. The van der Waals surface area contributed by atoms with E-state index >= 15 is 0 Å². The van der Waals surface area contributed by atoms with Crippen LogP contribution in [0.5, 0.6) is 5.75 Å². The molecular formula is C24H36FN3O. The van der Waals surface area contributed by atoms with Crippen molar-refractivity contribution in [3.05, 3.63) is 78.1 Å². The summed E-state index contributed by atoms with van der Waals surface area (Å²) in [7, 11) is 0. The number of aryl methyl sites for hydroxylation is 1. The fourth-order valence-electron chi connectivity index (χ4n) is 2.23. The van der Waals surface area contributed by atoms with Crippen molar-refractivity contribution in [1.29, 1.82) is 0 Å². The third kappa shape index (κ3) is 11.1. The molecule has 0 radical (unpaired) electrons. The highest BCUT2D eigenvalue weighted by atomic mass is 19.1. The molecule has 1 atom stereocenters. The van der Waals surface area contributed by atoms with Crippen LogP contribution in [-0.4, -0.2) is 18.3 Å². The minimum Gasteiger partial charge on any atom is -0.461 e. The summed E-state index contributed by atoms with van der Waals surface area (Å²) in [6.45, 7) is 19.4. The molecule has 0 aromatic heterocycles. The van der Waals surface area contributed by atoms with Gasteiger partial charge in [-0.05, 0) is 70.0 Å². The van der Waals surface area contributed by atoms with Crippen LogP contribution in [-0.2, 0) is 0 Å². The minimum atomic E-state index is -0.271. The Balaban J connectivity index is 0.00000245. The SMILES string of the molecule is C=C(\N=C(C)/C(=C\C)/C=C(\CC)Oc1ccc(F)cc1C)NCC(C)N.C=CC. The quantitative estimate of drug-likeness (QED) is 0.237. The van der Waals surface area contributed by atoms with E-state index in [4.69, 9.17) is 10.5 Å². The van der Waals surface area contributed by atoms with E-state index in [0.717, 1.165) is 22.6 Å². The Hall–Kier alpha value is -2.66. The predicted octanol–water partition coefficient (Wildman–Crippen LogP) is 5.81. The van der Waals surface area contributed by atoms with Gasteiger partial charge in [-0.3, -0.25) is 0 Å². The summed E-state index contributed by atoms with van der Waals surface area (Å²) in [6.07, 6.45) is 6.36. The molecule has 0 aliphatic heterocycles. The standard InChI is InChI=1S/C21H30FN3O.C3H6/c1-7-18(16(5)25-17(6)24-13-15(4)23)12-20(8-2)26-21-10-9-19(22)11-14(21)3;1-3-2/h7,9-12,15,24H,6,8,13,23H2,1-5H3;3H,1H2,2H3/b18-7-,20-12+,25-16-;. The Labute approximate surface area is 175 Å². The summed E-state index contributed by atoms with van der Waals surface area (Å²) in [4.78, 5) is 4.48. The molecule has 1 unspecified atom stereocenters. The molecule has 0 fully saturated rings. The van der Waals surface area contributed by atoms with Gasteiger partial charge in [-0.2, -0.15) is 0 Å². The van der Waals surface area contributed by atoms with Gasteiger partial charge < -0.3 is 15.8 Å². The molecule has 0 saturated heterocycles. The Kier molecular flexibility index (Phi) is 13.0. The second-order valence-corrected chi connectivity index (χ2v) is 6.63. The molecule has 3 N–H and O–H groups in total. The number of nitrogens with two attached hydrogens (primary N) is 1. The van der Waals surface area contributed by atoms with Crippen molar-refractivity contribution < 1.29 is 9.13 Å². The smallest absolute Gasteiger partial charge is 0.130 e. The largest absolute Gasteiger partial charge is 0.461 e. The Bertz CT molecular complexity index is 761. The van der Waals surface area contributed by atoms with Crippen molar-refractivity contribution >= 4 is 5.71 Å². The van der Waals surface area contributed by atoms with Gasteiger partial charge >= 0.3 is 0 Å². The maximum absolute atomic E-state index is 13.3. The van der Waals surface area contributed by atoms with E-state index in [-0.39, 0.29) is 11.9 Å². The molecule has 4 nitrogen and oxygen atoms in total. The Morgan fingerprint density at radius 2 is 2.00 bits per heavy atom. The number of allylic oxidation sites excluding steroid dienone is 5. The van der Waals surface area contributed by atoms with Crippen molar-refractivity contribution in [2.75, 3.05) is 6.54 Å². The van der Waals surface area contributed by atoms with Crippen LogP contribution in [0.3, 0.4) is 0 Å². The second kappa shape index (κ2) is 14.4. The molecule has 5 heteroatoms. The molecule has 0 heterocycles. The number of aliphatic imine (C=N–C) groups is 1. The normalized spacial score (nSPS) is 13.2. The topological polar surface area (TPSA) is 59.6 Å². The molecule has 1 aromatic rings. The third-order valence-corrected chi connectivity index (χ3v) is 3.70. The van der Waals surface area contributed by atoms with Crippen LogP contribution in [0.15, 0.2) is 71.7 Å². The molecule has 0 amide bonds. The number of hydrogen-bond acceptors (Lipinski definition) is 4. The first-order chi connectivity index (χ1) is 13.7. The van der Waals surface area contributed by atoms with Crippen LogP contribution < -0.4 is 15.8 Å². The summed E-state index contributed by atoms with van der Waals surface area (Å²) < 4.78 is 19.2. The lowest BCUT2D eigenvalue weighted by molar-refractivity contribution is 0.405. The number of nitrogens with zero attached hydrogens (tertiary/aromatic N) is 1. The number of ether oxygens (including phenoxy) is 1. The van der Waals surface area contributed by atoms with Gasteiger partial charge in [0, 0.05) is 24.7 Å². The van der Waals surface area contributed by atoms with Gasteiger partial charge in [0.25, 0.3) is 0 Å². The summed E-state index contributed by atoms with van der Waals surface area (Å²) >= 11 is 0. The molecule has 160 valence electrons. The molecule has 0 spiro atoms. The molecule has 1 rings (SSSR count). The van der Waals surface area contributed by atoms with Crippen molar-refractivity contribution in [2.45, 2.75) is 54.0 Å². The maximum Gasteiger partial charge on any atom is 0.130 e. The van der Waals surface area contributed by atoms with Gasteiger partial charge in [0.2, 0.25) is 0 Å². The van der Waals surface area contributed by atoms with Crippen molar-refractivity contribution in [3.63, 3.8) is 0 Å². The van der Waals surface area contributed by atoms with Crippen LogP contribution in [0.1, 0.15) is 46.6 Å². The lowest BCUT2D eigenvalue weighted by Crippen LogP contribution is -2.30. The van der Waals surface area contributed by atoms with Crippen LogP contribution in [0.4, 0.5) is 4.39 Å². The number of hydrogen-bond donors (Lipinski definition) is 2. The Morgan fingerprint density at radius 3 is 2.48 bits per heavy atom. The highest BCUT2D eigenvalue weighted by Crippen LogP contribution is 2.22. The number of rotatable bonds is 9. The second-order valence-electron chi connectivity index (χ2n) is 6.63. The molecule has 1 aromatic carbocycles. The highest BCUT2D eigenvalue weighted by Gasteiger charge is 2.07. The highest BCUT2D eigenvalue weighted by molar-refractivity contribution is 6.01. The van der Waals surface area contributed by atoms with E-state index in [1.807, 2.05) is 53.7 Å². The number of benzene rings is 1. The molecule has 0 bridgehead atoms. The lowest BCUT2D eigenvalue weighted by Gasteiger charge is -2.13. The lowest BCUT2D eigenvalue weighted by atomic mass is 10.1. The molecule has 29 heavy (non-hydrogen) atoms. The van der Waals surface area contributed by atoms with Gasteiger partial charge in [0.05, 0.1) is 0 Å². The zero-order valence-electron chi connectivity index (χ0n) is 18.7. The first-order valence-corrected chi connectivity index (χ1v) is 9.80. The summed E-state index contributed by atoms with van der Waals surface area (Å²) in [5.74, 6) is 1.72. The van der Waals surface area contributed by atoms with Gasteiger partial charge in [0.15, 0.2) is 0 Å². The molecule has 0 saturated carbocycles. The van der Waals surface area contributed by atoms with Crippen LogP contribution in [0, 0.1) is 12.7 Å². The van der Waals surface area contributed by atoms with Gasteiger partial charge in [-0.1, -0.05) is 25.7 Å². The van der Waals surface area contributed by atoms with E-state index in [2.05, 4.69) is 23.5 Å². The van der Waals surface area contributed by atoms with Crippen LogP contribution >= 0.6 is 0 Å². The van der Waals surface area contributed by atoms with Gasteiger partial charge in [0.1, 0.15) is 23.1 Å². The summed E-state index contributed by atoms with van der Waals surface area (Å²) in [5.41, 5.74) is 8.23. The molecule has 0 aliphatic carbocycles. The van der Waals surface area contributed by atoms with Crippen LogP contribution in [0.25, 0.3) is 0 Å². The van der Waals surface area contributed by atoms with Gasteiger partial charge in [-0.25, -0.2) is 9.38 Å². The van der Waals surface area contributed by atoms with E-state index in [1.165, 1.54) is 12.1 Å².